The van der Waals surface area contributed by atoms with Crippen LogP contribution in [-0.4, -0.2) is 15.9 Å². The number of hydrogen-bond donors (Lipinski definition) is 1. The smallest absolute Gasteiger partial charge is 0.174 e. The highest BCUT2D eigenvalue weighted by Crippen LogP contribution is 2.34. The summed E-state index contributed by atoms with van der Waals surface area (Å²) in [6, 6.07) is 6.19. The van der Waals surface area contributed by atoms with Crippen LogP contribution in [0.25, 0.3) is 0 Å². The van der Waals surface area contributed by atoms with E-state index in [4.69, 9.17) is 11.6 Å². The highest BCUT2D eigenvalue weighted by Gasteiger charge is 2.08. The van der Waals surface area contributed by atoms with E-state index >= 15 is 0 Å². The van der Waals surface area contributed by atoms with Crippen molar-refractivity contribution < 1.29 is 0 Å². The first-order valence-corrected chi connectivity index (χ1v) is 8.69. The summed E-state index contributed by atoms with van der Waals surface area (Å²) in [6.45, 7) is 6.10. The van der Waals surface area contributed by atoms with Gasteiger partial charge in [-0.05, 0) is 42.2 Å². The molecule has 1 aromatic heterocycles. The fourth-order valence-electron chi connectivity index (χ4n) is 1.66. The summed E-state index contributed by atoms with van der Waals surface area (Å²) in [5.41, 5.74) is 1.21. The van der Waals surface area contributed by atoms with Crippen LogP contribution in [0.1, 0.15) is 31.7 Å². The van der Waals surface area contributed by atoms with Gasteiger partial charge in [0.15, 0.2) is 4.34 Å². The number of benzene rings is 1. The molecule has 1 heterocycles. The lowest BCUT2D eigenvalue weighted by Gasteiger charge is -2.06. The van der Waals surface area contributed by atoms with Gasteiger partial charge in [0.2, 0.25) is 0 Å². The van der Waals surface area contributed by atoms with Gasteiger partial charge in [-0.3, -0.25) is 0 Å². The van der Waals surface area contributed by atoms with Crippen molar-refractivity contribution in [2.24, 2.45) is 0 Å². The Labute approximate surface area is 133 Å². The fourth-order valence-corrected chi connectivity index (χ4v) is 3.64. The monoisotopic (exact) mass is 327 g/mol. The highest BCUT2D eigenvalue weighted by molar-refractivity contribution is 8.01. The average molecular weight is 328 g/mol. The molecule has 2 aromatic rings. The molecule has 108 valence electrons. The topological polar surface area (TPSA) is 37.8 Å². The van der Waals surface area contributed by atoms with E-state index < -0.39 is 0 Å². The molecule has 0 bridgehead atoms. The number of rotatable bonds is 7. The summed E-state index contributed by atoms with van der Waals surface area (Å²) in [5, 5.41) is 4.15. The van der Waals surface area contributed by atoms with Crippen LogP contribution in [0.2, 0.25) is 5.02 Å². The van der Waals surface area contributed by atoms with E-state index in [0.29, 0.717) is 0 Å². The zero-order valence-corrected chi connectivity index (χ0v) is 14.0. The molecule has 1 N–H and O–H groups in total. The van der Waals surface area contributed by atoms with Crippen molar-refractivity contribution in [3.63, 3.8) is 0 Å². The highest BCUT2D eigenvalue weighted by atomic mass is 35.5. The van der Waals surface area contributed by atoms with Crippen LogP contribution in [0, 0.1) is 0 Å². The number of hydrogen-bond acceptors (Lipinski definition) is 5. The second-order valence-electron chi connectivity index (χ2n) is 4.37. The van der Waals surface area contributed by atoms with Gasteiger partial charge >= 0.3 is 0 Å². The summed E-state index contributed by atoms with van der Waals surface area (Å²) in [6.07, 6.45) is 2.01. The maximum atomic E-state index is 6.34. The van der Waals surface area contributed by atoms with Gasteiger partial charge in [0.1, 0.15) is 5.82 Å². The van der Waals surface area contributed by atoms with Crippen molar-refractivity contribution >= 4 is 34.9 Å². The van der Waals surface area contributed by atoms with Crippen molar-refractivity contribution in [1.82, 2.24) is 14.7 Å². The van der Waals surface area contributed by atoms with Gasteiger partial charge in [-0.15, -0.1) is 0 Å². The Balaban J connectivity index is 2.01. The Morgan fingerprint density at radius 1 is 1.35 bits per heavy atom. The molecule has 0 saturated heterocycles. The summed E-state index contributed by atoms with van der Waals surface area (Å²) < 4.78 is 5.23. The number of aryl methyl sites for hydroxylation is 1. The molecule has 0 aliphatic carbocycles. The molecule has 3 nitrogen and oxygen atoms in total. The number of nitrogens with one attached hydrogen (secondary N) is 1. The van der Waals surface area contributed by atoms with Gasteiger partial charge < -0.3 is 5.32 Å². The zero-order chi connectivity index (χ0) is 14.4. The van der Waals surface area contributed by atoms with Gasteiger partial charge in [-0.1, -0.05) is 43.3 Å². The van der Waals surface area contributed by atoms with E-state index in [9.17, 15) is 0 Å². The Bertz CT molecular complexity index is 557. The van der Waals surface area contributed by atoms with Crippen LogP contribution in [0.3, 0.4) is 0 Å². The predicted octanol–water partition coefficient (Wildman–Crippen LogP) is 4.40. The maximum Gasteiger partial charge on any atom is 0.174 e. The minimum atomic E-state index is 0.777. The molecule has 0 unspecified atom stereocenters. The number of halogens is 1. The van der Waals surface area contributed by atoms with Crippen molar-refractivity contribution in [3.05, 3.63) is 34.6 Å². The van der Waals surface area contributed by atoms with Crippen LogP contribution >= 0.6 is 34.9 Å². The molecule has 0 amide bonds. The second-order valence-corrected chi connectivity index (χ2v) is 6.82. The minimum absolute atomic E-state index is 0.777. The van der Waals surface area contributed by atoms with Gasteiger partial charge in [-0.2, -0.15) is 4.37 Å². The van der Waals surface area contributed by atoms with Crippen molar-refractivity contribution in [1.29, 1.82) is 0 Å². The first-order chi connectivity index (χ1) is 9.72. The number of aromatic nitrogens is 2. The zero-order valence-electron chi connectivity index (χ0n) is 11.6. The Morgan fingerprint density at radius 2 is 2.20 bits per heavy atom. The van der Waals surface area contributed by atoms with Crippen molar-refractivity contribution in [2.75, 3.05) is 6.54 Å². The molecule has 0 spiro atoms. The van der Waals surface area contributed by atoms with E-state index in [0.717, 1.165) is 46.0 Å². The quantitative estimate of drug-likeness (QED) is 0.765. The van der Waals surface area contributed by atoms with E-state index in [1.54, 1.807) is 11.8 Å². The molecule has 0 fully saturated rings. The lowest BCUT2D eigenvalue weighted by Crippen LogP contribution is -2.13. The van der Waals surface area contributed by atoms with Crippen LogP contribution in [0.4, 0.5) is 0 Å². The third-order valence-electron chi connectivity index (χ3n) is 2.72. The first kappa shape index (κ1) is 15.8. The number of nitrogens with zero attached hydrogens (tertiary/aromatic N) is 2. The van der Waals surface area contributed by atoms with Gasteiger partial charge in [0.25, 0.3) is 0 Å². The molecule has 0 saturated carbocycles. The van der Waals surface area contributed by atoms with E-state index in [1.807, 2.05) is 6.07 Å². The summed E-state index contributed by atoms with van der Waals surface area (Å²) in [7, 11) is 0. The molecule has 20 heavy (non-hydrogen) atoms. The summed E-state index contributed by atoms with van der Waals surface area (Å²) in [4.78, 5) is 5.48. The fraction of sp³-hybridized carbons (Fsp3) is 0.429. The van der Waals surface area contributed by atoms with Crippen LogP contribution in [0.15, 0.2) is 27.4 Å². The lowest BCUT2D eigenvalue weighted by molar-refractivity contribution is 0.675. The second kappa shape index (κ2) is 7.98. The Kier molecular flexibility index (Phi) is 6.29. The van der Waals surface area contributed by atoms with Gasteiger partial charge in [0, 0.05) is 17.9 Å². The van der Waals surface area contributed by atoms with Crippen molar-refractivity contribution in [3.8, 4) is 0 Å². The molecule has 6 heteroatoms. The molecule has 2 rings (SSSR count). The average Bonchev–Trinajstić information content (AvgIpc) is 2.90. The van der Waals surface area contributed by atoms with Crippen molar-refractivity contribution in [2.45, 2.75) is 42.5 Å². The third-order valence-corrected chi connectivity index (χ3v) is 5.00. The van der Waals surface area contributed by atoms with Crippen LogP contribution in [0.5, 0.6) is 0 Å². The van der Waals surface area contributed by atoms with Gasteiger partial charge in [0.05, 0.1) is 5.02 Å². The van der Waals surface area contributed by atoms with Gasteiger partial charge in [-0.25, -0.2) is 4.98 Å². The molecule has 1 aromatic carbocycles. The SMILES string of the molecule is CCCNCc1ccc(Sc2nc(CC)ns2)c(Cl)c1. The minimum Gasteiger partial charge on any atom is -0.313 e. The molecular weight excluding hydrogens is 310 g/mol. The maximum absolute atomic E-state index is 6.34. The molecule has 0 atom stereocenters. The van der Waals surface area contributed by atoms with E-state index in [1.165, 1.54) is 17.1 Å². The molecule has 0 aliphatic heterocycles. The summed E-state index contributed by atoms with van der Waals surface area (Å²) >= 11 is 9.35. The van der Waals surface area contributed by atoms with E-state index in [-0.39, 0.29) is 0 Å². The lowest BCUT2D eigenvalue weighted by atomic mass is 10.2. The summed E-state index contributed by atoms with van der Waals surface area (Å²) in [5.74, 6) is 0.897. The third kappa shape index (κ3) is 4.45. The largest absolute Gasteiger partial charge is 0.313 e. The van der Waals surface area contributed by atoms with Crippen LogP contribution in [-0.2, 0) is 13.0 Å². The van der Waals surface area contributed by atoms with E-state index in [2.05, 4.69) is 40.7 Å². The Morgan fingerprint density at radius 3 is 2.85 bits per heavy atom. The predicted molar refractivity (Wildman–Crippen MR) is 86.9 cm³/mol. The Hall–Kier alpha value is -0.620. The molecule has 0 aliphatic rings. The first-order valence-electron chi connectivity index (χ1n) is 6.72. The molecule has 0 radical (unpaired) electrons. The molecular formula is C14H18ClN3S2. The normalized spacial score (nSPS) is 10.9. The van der Waals surface area contributed by atoms with Crippen LogP contribution < -0.4 is 5.32 Å². The standard InChI is InChI=1S/C14H18ClN3S2/c1-3-7-16-9-10-5-6-12(11(15)8-10)19-14-17-13(4-2)18-20-14/h5-6,8,16H,3-4,7,9H2,1-2H3.